The number of aliphatic hydroxyl groups excluding tert-OH is 1. The summed E-state index contributed by atoms with van der Waals surface area (Å²) in [5, 5.41) is 9.51. The molecule has 1 rings (SSSR count). The SMILES string of the molecule is CCC(O)CN(C)Cc1ccc(C)cc1. The lowest BCUT2D eigenvalue weighted by Crippen LogP contribution is -2.28. The first-order valence-electron chi connectivity index (χ1n) is 5.54. The van der Waals surface area contributed by atoms with Crippen LogP contribution >= 0.6 is 0 Å². The third kappa shape index (κ3) is 4.45. The predicted molar refractivity (Wildman–Crippen MR) is 63.8 cm³/mol. The topological polar surface area (TPSA) is 23.5 Å². The van der Waals surface area contributed by atoms with Crippen LogP contribution < -0.4 is 0 Å². The minimum absolute atomic E-state index is 0.208. The molecular weight excluding hydrogens is 186 g/mol. The van der Waals surface area contributed by atoms with Crippen molar-refractivity contribution in [2.75, 3.05) is 13.6 Å². The Balaban J connectivity index is 2.44. The van der Waals surface area contributed by atoms with Gasteiger partial charge in [-0.15, -0.1) is 0 Å². The fourth-order valence-electron chi connectivity index (χ4n) is 1.56. The van der Waals surface area contributed by atoms with Gasteiger partial charge in [-0.25, -0.2) is 0 Å². The lowest BCUT2D eigenvalue weighted by atomic mass is 10.1. The molecule has 15 heavy (non-hydrogen) atoms. The molecule has 1 aromatic rings. The number of rotatable bonds is 5. The number of hydrogen-bond acceptors (Lipinski definition) is 2. The molecule has 1 N–H and O–H groups in total. The maximum atomic E-state index is 9.51. The fraction of sp³-hybridized carbons (Fsp3) is 0.538. The van der Waals surface area contributed by atoms with Crippen molar-refractivity contribution in [1.82, 2.24) is 4.90 Å². The largest absolute Gasteiger partial charge is 0.392 e. The highest BCUT2D eigenvalue weighted by Crippen LogP contribution is 2.06. The van der Waals surface area contributed by atoms with E-state index in [0.29, 0.717) is 0 Å². The van der Waals surface area contributed by atoms with E-state index in [0.717, 1.165) is 19.5 Å². The van der Waals surface area contributed by atoms with Gasteiger partial charge in [-0.3, -0.25) is 4.90 Å². The van der Waals surface area contributed by atoms with Crippen molar-refractivity contribution < 1.29 is 5.11 Å². The molecule has 0 saturated carbocycles. The van der Waals surface area contributed by atoms with Crippen molar-refractivity contribution in [2.24, 2.45) is 0 Å². The molecular formula is C13H21NO. The molecule has 0 aliphatic carbocycles. The highest BCUT2D eigenvalue weighted by atomic mass is 16.3. The third-order valence-electron chi connectivity index (χ3n) is 2.57. The zero-order valence-electron chi connectivity index (χ0n) is 9.90. The average molecular weight is 207 g/mol. The van der Waals surface area contributed by atoms with Crippen molar-refractivity contribution in [1.29, 1.82) is 0 Å². The number of aliphatic hydroxyl groups is 1. The molecule has 0 radical (unpaired) electrons. The summed E-state index contributed by atoms with van der Waals surface area (Å²) in [6.45, 7) is 5.74. The maximum absolute atomic E-state index is 9.51. The van der Waals surface area contributed by atoms with E-state index in [4.69, 9.17) is 0 Å². The van der Waals surface area contributed by atoms with Crippen LogP contribution in [0.15, 0.2) is 24.3 Å². The van der Waals surface area contributed by atoms with Crippen LogP contribution in [0.5, 0.6) is 0 Å². The standard InChI is InChI=1S/C13H21NO/c1-4-13(15)10-14(3)9-12-7-5-11(2)6-8-12/h5-8,13,15H,4,9-10H2,1-3H3. The molecule has 0 saturated heterocycles. The predicted octanol–water partition coefficient (Wildman–Crippen LogP) is 2.20. The van der Waals surface area contributed by atoms with Crippen LogP contribution in [-0.2, 0) is 6.54 Å². The molecule has 0 aromatic heterocycles. The van der Waals surface area contributed by atoms with Crippen molar-refractivity contribution in [3.63, 3.8) is 0 Å². The summed E-state index contributed by atoms with van der Waals surface area (Å²) in [6, 6.07) is 8.53. The van der Waals surface area contributed by atoms with Crippen LogP contribution in [0.4, 0.5) is 0 Å². The summed E-state index contributed by atoms with van der Waals surface area (Å²) >= 11 is 0. The lowest BCUT2D eigenvalue weighted by Gasteiger charge is -2.19. The molecule has 0 aliphatic rings. The van der Waals surface area contributed by atoms with Crippen LogP contribution in [-0.4, -0.2) is 29.7 Å². The van der Waals surface area contributed by atoms with E-state index in [1.54, 1.807) is 0 Å². The summed E-state index contributed by atoms with van der Waals surface area (Å²) in [5.41, 5.74) is 2.58. The van der Waals surface area contributed by atoms with E-state index in [-0.39, 0.29) is 6.10 Å². The fourth-order valence-corrected chi connectivity index (χ4v) is 1.56. The number of aryl methyl sites for hydroxylation is 1. The molecule has 0 fully saturated rings. The summed E-state index contributed by atoms with van der Waals surface area (Å²) in [4.78, 5) is 2.15. The van der Waals surface area contributed by atoms with Gasteiger partial charge in [-0.05, 0) is 26.0 Å². The van der Waals surface area contributed by atoms with Gasteiger partial charge in [-0.2, -0.15) is 0 Å². The summed E-state index contributed by atoms with van der Waals surface area (Å²) in [7, 11) is 2.04. The zero-order valence-corrected chi connectivity index (χ0v) is 9.90. The second-order valence-corrected chi connectivity index (χ2v) is 4.24. The van der Waals surface area contributed by atoms with Gasteiger partial charge in [0, 0.05) is 13.1 Å². The monoisotopic (exact) mass is 207 g/mol. The molecule has 2 nitrogen and oxygen atoms in total. The maximum Gasteiger partial charge on any atom is 0.0664 e. The average Bonchev–Trinajstić information content (AvgIpc) is 2.21. The first-order chi connectivity index (χ1) is 7.11. The Morgan fingerprint density at radius 3 is 2.40 bits per heavy atom. The minimum Gasteiger partial charge on any atom is -0.392 e. The molecule has 1 atom stereocenters. The van der Waals surface area contributed by atoms with E-state index in [9.17, 15) is 5.11 Å². The molecule has 0 bridgehead atoms. The van der Waals surface area contributed by atoms with Gasteiger partial charge < -0.3 is 5.11 Å². The second-order valence-electron chi connectivity index (χ2n) is 4.24. The molecule has 0 aliphatic heterocycles. The highest BCUT2D eigenvalue weighted by Gasteiger charge is 2.05. The summed E-state index contributed by atoms with van der Waals surface area (Å²) < 4.78 is 0. The minimum atomic E-state index is -0.208. The van der Waals surface area contributed by atoms with Gasteiger partial charge >= 0.3 is 0 Å². The zero-order chi connectivity index (χ0) is 11.3. The van der Waals surface area contributed by atoms with Gasteiger partial charge in [0.05, 0.1) is 6.10 Å². The van der Waals surface area contributed by atoms with E-state index in [2.05, 4.69) is 36.1 Å². The van der Waals surface area contributed by atoms with E-state index in [1.165, 1.54) is 11.1 Å². The quantitative estimate of drug-likeness (QED) is 0.800. The van der Waals surface area contributed by atoms with E-state index in [1.807, 2.05) is 14.0 Å². The van der Waals surface area contributed by atoms with Crippen molar-refractivity contribution in [2.45, 2.75) is 32.9 Å². The molecule has 1 unspecified atom stereocenters. The molecule has 84 valence electrons. The Morgan fingerprint density at radius 1 is 1.27 bits per heavy atom. The number of hydrogen-bond donors (Lipinski definition) is 1. The Bertz CT molecular complexity index is 281. The molecule has 0 heterocycles. The Morgan fingerprint density at radius 2 is 1.87 bits per heavy atom. The second kappa shape index (κ2) is 5.89. The lowest BCUT2D eigenvalue weighted by molar-refractivity contribution is 0.119. The van der Waals surface area contributed by atoms with Crippen molar-refractivity contribution in [3.05, 3.63) is 35.4 Å². The van der Waals surface area contributed by atoms with Crippen LogP contribution in [0.2, 0.25) is 0 Å². The number of benzene rings is 1. The van der Waals surface area contributed by atoms with Crippen LogP contribution in [0.1, 0.15) is 24.5 Å². The van der Waals surface area contributed by atoms with Gasteiger partial charge in [0.2, 0.25) is 0 Å². The Hall–Kier alpha value is -0.860. The van der Waals surface area contributed by atoms with E-state index >= 15 is 0 Å². The van der Waals surface area contributed by atoms with Crippen LogP contribution in [0.25, 0.3) is 0 Å². The Labute approximate surface area is 92.5 Å². The van der Waals surface area contributed by atoms with E-state index < -0.39 is 0 Å². The molecule has 0 amide bonds. The van der Waals surface area contributed by atoms with Crippen molar-refractivity contribution in [3.8, 4) is 0 Å². The van der Waals surface area contributed by atoms with Gasteiger partial charge in [0.1, 0.15) is 0 Å². The number of nitrogens with zero attached hydrogens (tertiary/aromatic N) is 1. The first-order valence-corrected chi connectivity index (χ1v) is 5.54. The summed E-state index contributed by atoms with van der Waals surface area (Å²) in [6.07, 6.45) is 0.610. The molecule has 2 heteroatoms. The smallest absolute Gasteiger partial charge is 0.0664 e. The summed E-state index contributed by atoms with van der Waals surface area (Å²) in [5.74, 6) is 0. The van der Waals surface area contributed by atoms with Crippen LogP contribution in [0, 0.1) is 6.92 Å². The van der Waals surface area contributed by atoms with Gasteiger partial charge in [0.25, 0.3) is 0 Å². The molecule has 0 spiro atoms. The van der Waals surface area contributed by atoms with Crippen LogP contribution in [0.3, 0.4) is 0 Å². The normalized spacial score (nSPS) is 13.1. The first kappa shape index (κ1) is 12.2. The van der Waals surface area contributed by atoms with Gasteiger partial charge in [-0.1, -0.05) is 36.8 Å². The Kier molecular flexibility index (Phi) is 4.79. The number of likely N-dealkylation sites (N-methyl/N-ethyl adjacent to an activating group) is 1. The molecule has 1 aromatic carbocycles. The van der Waals surface area contributed by atoms with Gasteiger partial charge in [0.15, 0.2) is 0 Å². The third-order valence-corrected chi connectivity index (χ3v) is 2.57. The highest BCUT2D eigenvalue weighted by molar-refractivity contribution is 5.21. The van der Waals surface area contributed by atoms with Crippen molar-refractivity contribution >= 4 is 0 Å².